The van der Waals surface area contributed by atoms with E-state index in [2.05, 4.69) is 0 Å². The summed E-state index contributed by atoms with van der Waals surface area (Å²) in [6.07, 6.45) is 0. The predicted molar refractivity (Wildman–Crippen MR) is 76.6 cm³/mol. The highest BCUT2D eigenvalue weighted by Gasteiger charge is 2.50. The third-order valence-electron chi connectivity index (χ3n) is 3.53. The summed E-state index contributed by atoms with van der Waals surface area (Å²) in [5.41, 5.74) is 0. The smallest absolute Gasteiger partial charge is 0.391 e. The van der Waals surface area contributed by atoms with Crippen LogP contribution in [-0.2, 0) is 4.52 Å². The zero-order valence-corrected chi connectivity index (χ0v) is 13.4. The summed E-state index contributed by atoms with van der Waals surface area (Å²) in [7, 11) is -3.40. The molecular weight excluding hydrogens is 269 g/mol. The molecule has 0 atom stereocenters. The number of aliphatic hydroxyl groups excluding tert-OH is 2. The molecular formula is C12H30NO5P+2. The fraction of sp³-hybridized carbons (Fsp3) is 1.00. The van der Waals surface area contributed by atoms with Gasteiger partial charge in [0.1, 0.15) is 26.2 Å². The zero-order chi connectivity index (χ0) is 15.2. The van der Waals surface area contributed by atoms with Crippen molar-refractivity contribution in [3.05, 3.63) is 0 Å². The fourth-order valence-corrected chi connectivity index (χ4v) is 2.51. The summed E-state index contributed by atoms with van der Waals surface area (Å²) >= 11 is 0. The molecule has 0 unspecified atom stereocenters. The van der Waals surface area contributed by atoms with Gasteiger partial charge in [-0.25, -0.2) is 0 Å². The van der Waals surface area contributed by atoms with Crippen LogP contribution < -0.4 is 0 Å². The van der Waals surface area contributed by atoms with Crippen LogP contribution in [0.1, 0.15) is 27.7 Å². The Bertz CT molecular complexity index is 249. The zero-order valence-electron chi connectivity index (χ0n) is 12.5. The van der Waals surface area contributed by atoms with E-state index in [1.54, 1.807) is 20.8 Å². The quantitative estimate of drug-likeness (QED) is 0.365. The average Bonchev–Trinajstić information content (AvgIpc) is 2.27. The van der Waals surface area contributed by atoms with Gasteiger partial charge in [-0.2, -0.15) is 14.3 Å². The highest BCUT2D eigenvalue weighted by Crippen LogP contribution is 2.62. The minimum atomic E-state index is -3.40. The van der Waals surface area contributed by atoms with Crippen molar-refractivity contribution in [1.82, 2.24) is 0 Å². The van der Waals surface area contributed by atoms with E-state index in [9.17, 15) is 9.79 Å². The molecule has 0 rings (SSSR count). The minimum Gasteiger partial charge on any atom is -0.391 e. The lowest BCUT2D eigenvalue weighted by molar-refractivity contribution is -0.927. The lowest BCUT2D eigenvalue weighted by Gasteiger charge is -2.36. The summed E-state index contributed by atoms with van der Waals surface area (Å²) in [5, 5.41) is 17.5. The number of aliphatic hydroxyl groups is 2. The maximum Gasteiger partial charge on any atom is 0.411 e. The highest BCUT2D eigenvalue weighted by molar-refractivity contribution is 7.61. The molecule has 0 aromatic carbocycles. The molecule has 19 heavy (non-hydrogen) atoms. The van der Waals surface area contributed by atoms with E-state index in [1.807, 2.05) is 6.92 Å². The Morgan fingerprint density at radius 1 is 1.00 bits per heavy atom. The van der Waals surface area contributed by atoms with Crippen molar-refractivity contribution in [3.8, 4) is 0 Å². The van der Waals surface area contributed by atoms with Crippen LogP contribution in [0.3, 0.4) is 0 Å². The van der Waals surface area contributed by atoms with Gasteiger partial charge in [-0.05, 0) is 27.7 Å². The van der Waals surface area contributed by atoms with E-state index in [-0.39, 0.29) is 19.8 Å². The SMILES string of the molecule is CC[N+](CCO)(CCO)CCO[P+](O)(O)C(C)(C)C. The van der Waals surface area contributed by atoms with Crippen LogP contribution in [0.15, 0.2) is 0 Å². The number of quaternary nitrogens is 1. The molecule has 0 bridgehead atoms. The Hall–Kier alpha value is 0.190. The molecule has 0 saturated heterocycles. The Morgan fingerprint density at radius 3 is 1.79 bits per heavy atom. The lowest BCUT2D eigenvalue weighted by Crippen LogP contribution is -2.53. The van der Waals surface area contributed by atoms with Crippen molar-refractivity contribution in [2.75, 3.05) is 46.0 Å². The van der Waals surface area contributed by atoms with Crippen LogP contribution in [0, 0.1) is 0 Å². The molecule has 116 valence electrons. The van der Waals surface area contributed by atoms with Crippen LogP contribution >= 0.6 is 7.94 Å². The molecule has 0 amide bonds. The number of nitrogens with zero attached hydrogens (tertiary/aromatic N) is 1. The number of hydrogen-bond donors (Lipinski definition) is 4. The van der Waals surface area contributed by atoms with Gasteiger partial charge in [-0.15, -0.1) is 0 Å². The van der Waals surface area contributed by atoms with Crippen LogP contribution in [0.4, 0.5) is 0 Å². The van der Waals surface area contributed by atoms with Crippen molar-refractivity contribution in [2.24, 2.45) is 0 Å². The Morgan fingerprint density at radius 2 is 1.47 bits per heavy atom. The van der Waals surface area contributed by atoms with E-state index < -0.39 is 13.1 Å². The van der Waals surface area contributed by atoms with Crippen molar-refractivity contribution in [2.45, 2.75) is 32.9 Å². The van der Waals surface area contributed by atoms with Gasteiger partial charge in [0.25, 0.3) is 0 Å². The van der Waals surface area contributed by atoms with Crippen molar-refractivity contribution in [3.63, 3.8) is 0 Å². The summed E-state index contributed by atoms with van der Waals surface area (Å²) in [4.78, 5) is 19.8. The lowest BCUT2D eigenvalue weighted by atomic mass is 10.3. The Kier molecular flexibility index (Phi) is 7.91. The molecule has 0 aliphatic rings. The van der Waals surface area contributed by atoms with E-state index in [4.69, 9.17) is 14.7 Å². The summed E-state index contributed by atoms with van der Waals surface area (Å²) < 4.78 is 5.80. The second-order valence-electron chi connectivity index (χ2n) is 5.82. The van der Waals surface area contributed by atoms with Gasteiger partial charge in [-0.1, -0.05) is 0 Å². The highest BCUT2D eigenvalue weighted by atomic mass is 31.2. The molecule has 0 spiro atoms. The van der Waals surface area contributed by atoms with E-state index >= 15 is 0 Å². The molecule has 0 aromatic rings. The van der Waals surface area contributed by atoms with Crippen LogP contribution in [0.2, 0.25) is 0 Å². The van der Waals surface area contributed by atoms with E-state index in [0.717, 1.165) is 6.54 Å². The summed E-state index contributed by atoms with van der Waals surface area (Å²) in [6, 6.07) is 0. The molecule has 4 N–H and O–H groups in total. The Labute approximate surface area is 116 Å². The summed E-state index contributed by atoms with van der Waals surface area (Å²) in [5.74, 6) is 0. The molecule has 0 saturated carbocycles. The monoisotopic (exact) mass is 299 g/mol. The first kappa shape index (κ1) is 19.2. The normalized spacial score (nSPS) is 13.9. The van der Waals surface area contributed by atoms with E-state index in [0.29, 0.717) is 24.1 Å². The molecule has 0 aliphatic carbocycles. The second-order valence-corrected chi connectivity index (χ2v) is 8.51. The van der Waals surface area contributed by atoms with Gasteiger partial charge in [0, 0.05) is 0 Å². The molecule has 0 fully saturated rings. The van der Waals surface area contributed by atoms with Crippen LogP contribution in [-0.4, -0.2) is 75.6 Å². The first-order chi connectivity index (χ1) is 8.64. The molecule has 0 radical (unpaired) electrons. The van der Waals surface area contributed by atoms with Gasteiger partial charge in [0.15, 0.2) is 5.16 Å². The standard InChI is InChI=1S/C12H30NO5P/c1-5-13(6-9-14,7-10-15)8-11-18-19(16,17)12(2,3)4/h14-17H,5-11H2,1-4H3/q+2. The first-order valence-corrected chi connectivity index (χ1v) is 8.31. The predicted octanol–water partition coefficient (Wildman–Crippen LogP) is 0.370. The summed E-state index contributed by atoms with van der Waals surface area (Å²) in [6.45, 7) is 9.77. The van der Waals surface area contributed by atoms with Crippen molar-refractivity contribution in [1.29, 1.82) is 0 Å². The van der Waals surface area contributed by atoms with Gasteiger partial charge in [0.05, 0.1) is 19.8 Å². The number of hydrogen-bond acceptors (Lipinski definition) is 5. The fourth-order valence-electron chi connectivity index (χ4n) is 1.79. The molecule has 0 aromatic heterocycles. The maximum atomic E-state index is 9.92. The second kappa shape index (κ2) is 7.84. The molecule has 7 heteroatoms. The number of rotatable bonds is 9. The third kappa shape index (κ3) is 6.00. The Balaban J connectivity index is 4.49. The first-order valence-electron chi connectivity index (χ1n) is 6.70. The minimum absolute atomic E-state index is 0.0334. The van der Waals surface area contributed by atoms with Gasteiger partial charge in [-0.3, -0.25) is 0 Å². The van der Waals surface area contributed by atoms with Gasteiger partial charge < -0.3 is 14.7 Å². The van der Waals surface area contributed by atoms with Crippen LogP contribution in [0.5, 0.6) is 0 Å². The molecule has 0 aliphatic heterocycles. The topological polar surface area (TPSA) is 90.2 Å². The van der Waals surface area contributed by atoms with E-state index in [1.165, 1.54) is 0 Å². The third-order valence-corrected chi connectivity index (χ3v) is 5.82. The van der Waals surface area contributed by atoms with Crippen molar-refractivity contribution < 1.29 is 29.0 Å². The molecule has 6 nitrogen and oxygen atoms in total. The number of likely N-dealkylation sites (N-methyl/N-ethyl adjacent to an activating group) is 1. The maximum absolute atomic E-state index is 9.92. The molecule has 0 heterocycles. The van der Waals surface area contributed by atoms with Crippen molar-refractivity contribution >= 4 is 7.94 Å². The van der Waals surface area contributed by atoms with Gasteiger partial charge >= 0.3 is 7.94 Å². The van der Waals surface area contributed by atoms with Crippen LogP contribution in [0.25, 0.3) is 0 Å². The van der Waals surface area contributed by atoms with Gasteiger partial charge in [0.2, 0.25) is 0 Å². The average molecular weight is 299 g/mol. The largest absolute Gasteiger partial charge is 0.411 e.